The maximum atomic E-state index is 13.0. The zero-order valence-electron chi connectivity index (χ0n) is 10.8. The fourth-order valence-electron chi connectivity index (χ4n) is 2.24. The molecule has 0 aliphatic carbocycles. The number of benzene rings is 3. The van der Waals surface area contributed by atoms with Crippen molar-refractivity contribution in [2.45, 2.75) is 4.90 Å². The zero-order chi connectivity index (χ0) is 13.8. The van der Waals surface area contributed by atoms with E-state index in [2.05, 4.69) is 6.07 Å². The second-order valence-electron chi connectivity index (χ2n) is 4.56. The monoisotopic (exact) mass is 280 g/mol. The van der Waals surface area contributed by atoms with Crippen LogP contribution in [0.3, 0.4) is 0 Å². The first-order valence-corrected chi connectivity index (χ1v) is 7.13. The van der Waals surface area contributed by atoms with Gasteiger partial charge in [0.05, 0.1) is 12.1 Å². The van der Waals surface area contributed by atoms with Crippen molar-refractivity contribution >= 4 is 12.1 Å². The Balaban J connectivity index is 2.13. The molecular weight excluding hydrogens is 267 g/mol. The molecule has 0 unspecified atom stereocenters. The molecule has 0 aliphatic rings. The molecule has 3 rings (SSSR count). The van der Waals surface area contributed by atoms with Crippen LogP contribution in [-0.4, -0.2) is 0 Å². The van der Waals surface area contributed by atoms with E-state index in [4.69, 9.17) is 0 Å². The summed E-state index contributed by atoms with van der Waals surface area (Å²) in [5.74, 6) is 0. The van der Waals surface area contributed by atoms with E-state index in [0.29, 0.717) is 4.90 Å². The van der Waals surface area contributed by atoms with E-state index in [1.54, 1.807) is 0 Å². The van der Waals surface area contributed by atoms with Gasteiger partial charge >= 0.3 is 0 Å². The lowest BCUT2D eigenvalue weighted by Crippen LogP contribution is -1.83. The Morgan fingerprint density at radius 2 is 1.00 bits per heavy atom. The summed E-state index contributed by atoms with van der Waals surface area (Å²) in [6.07, 6.45) is 0. The van der Waals surface area contributed by atoms with Gasteiger partial charge in [0.15, 0.2) is 0 Å². The zero-order valence-corrected chi connectivity index (χ0v) is 11.6. The van der Waals surface area contributed by atoms with E-state index in [-0.39, 0.29) is 12.1 Å². The highest BCUT2D eigenvalue weighted by atomic mass is 32.2. The van der Waals surface area contributed by atoms with Gasteiger partial charge in [-0.05, 0) is 40.5 Å². The molecule has 0 spiro atoms. The number of rotatable bonds is 3. The van der Waals surface area contributed by atoms with Crippen molar-refractivity contribution in [3.05, 3.63) is 78.9 Å². The van der Waals surface area contributed by atoms with E-state index < -0.39 is 0 Å². The van der Waals surface area contributed by atoms with Gasteiger partial charge in [-0.2, -0.15) is 3.89 Å². The predicted octanol–water partition coefficient (Wildman–Crippen LogP) is 6.00. The molecule has 0 atom stereocenters. The number of hydrogen-bond acceptors (Lipinski definition) is 1. The summed E-state index contributed by atoms with van der Waals surface area (Å²) in [5, 5.41) is 0. The topological polar surface area (TPSA) is 0 Å². The molecule has 0 N–H and O–H groups in total. The summed E-state index contributed by atoms with van der Waals surface area (Å²) in [5.41, 5.74) is 4.26. The smallest absolute Gasteiger partial charge is 0.0812 e. The SMILES string of the molecule is FSc1cc(-c2ccccc2)cc(-c2ccccc2)c1. The van der Waals surface area contributed by atoms with Crippen molar-refractivity contribution in [1.29, 1.82) is 0 Å². The average Bonchev–Trinajstić information content (AvgIpc) is 2.56. The van der Waals surface area contributed by atoms with Crippen LogP contribution in [0.2, 0.25) is 0 Å². The van der Waals surface area contributed by atoms with Crippen LogP contribution in [0.5, 0.6) is 0 Å². The number of hydrogen-bond donors (Lipinski definition) is 0. The lowest BCUT2D eigenvalue weighted by molar-refractivity contribution is 0.934. The molecule has 0 heterocycles. The Kier molecular flexibility index (Phi) is 3.84. The fourth-order valence-corrected chi connectivity index (χ4v) is 2.58. The van der Waals surface area contributed by atoms with E-state index in [1.807, 2.05) is 72.8 Å². The fraction of sp³-hybridized carbons (Fsp3) is 0. The minimum atomic E-state index is 0.286. The lowest BCUT2D eigenvalue weighted by Gasteiger charge is -2.08. The minimum Gasteiger partial charge on any atom is -0.160 e. The molecule has 0 amide bonds. The van der Waals surface area contributed by atoms with Crippen LogP contribution < -0.4 is 0 Å². The third kappa shape index (κ3) is 2.75. The maximum Gasteiger partial charge on any atom is 0.0812 e. The van der Waals surface area contributed by atoms with Gasteiger partial charge in [0.2, 0.25) is 0 Å². The van der Waals surface area contributed by atoms with Crippen LogP contribution in [0.15, 0.2) is 83.8 Å². The highest BCUT2D eigenvalue weighted by molar-refractivity contribution is 7.94. The second-order valence-corrected chi connectivity index (χ2v) is 5.18. The Bertz CT molecular complexity index is 635. The Morgan fingerprint density at radius 3 is 1.40 bits per heavy atom. The van der Waals surface area contributed by atoms with Gasteiger partial charge in [-0.3, -0.25) is 0 Å². The molecule has 3 aromatic carbocycles. The average molecular weight is 280 g/mol. The van der Waals surface area contributed by atoms with Crippen LogP contribution in [0.25, 0.3) is 22.3 Å². The first-order chi connectivity index (χ1) is 9.86. The molecule has 2 heteroatoms. The molecule has 0 nitrogen and oxygen atoms in total. The Labute approximate surface area is 122 Å². The minimum absolute atomic E-state index is 0.286. The maximum absolute atomic E-state index is 13.0. The molecule has 98 valence electrons. The predicted molar refractivity (Wildman–Crippen MR) is 84.3 cm³/mol. The molecule has 3 aromatic rings. The van der Waals surface area contributed by atoms with Gasteiger partial charge in [0.1, 0.15) is 0 Å². The first kappa shape index (κ1) is 12.9. The molecule has 0 fully saturated rings. The van der Waals surface area contributed by atoms with Crippen molar-refractivity contribution < 1.29 is 3.89 Å². The summed E-state index contributed by atoms with van der Waals surface area (Å²) in [4.78, 5) is 0.630. The van der Waals surface area contributed by atoms with E-state index in [0.717, 1.165) is 22.3 Å². The highest BCUT2D eigenvalue weighted by Gasteiger charge is 2.05. The molecule has 20 heavy (non-hydrogen) atoms. The van der Waals surface area contributed by atoms with E-state index >= 15 is 0 Å². The highest BCUT2D eigenvalue weighted by Crippen LogP contribution is 2.32. The van der Waals surface area contributed by atoms with Gasteiger partial charge in [-0.25, -0.2) is 0 Å². The van der Waals surface area contributed by atoms with Crippen molar-refractivity contribution in [3.8, 4) is 22.3 Å². The molecule has 0 aliphatic heterocycles. The normalized spacial score (nSPS) is 10.4. The summed E-state index contributed by atoms with van der Waals surface area (Å²) < 4.78 is 13.0. The van der Waals surface area contributed by atoms with Gasteiger partial charge < -0.3 is 0 Å². The third-order valence-corrected chi connectivity index (χ3v) is 3.62. The lowest BCUT2D eigenvalue weighted by atomic mass is 9.99. The molecule has 0 saturated carbocycles. The Hall–Kier alpha value is -2.06. The van der Waals surface area contributed by atoms with E-state index in [9.17, 15) is 3.89 Å². The third-order valence-electron chi connectivity index (χ3n) is 3.21. The van der Waals surface area contributed by atoms with Crippen LogP contribution in [0.4, 0.5) is 3.89 Å². The van der Waals surface area contributed by atoms with Crippen LogP contribution in [0, 0.1) is 0 Å². The molecule has 0 radical (unpaired) electrons. The van der Waals surface area contributed by atoms with Gasteiger partial charge in [-0.15, -0.1) is 0 Å². The van der Waals surface area contributed by atoms with Crippen LogP contribution in [0.1, 0.15) is 0 Å². The Morgan fingerprint density at radius 1 is 0.550 bits per heavy atom. The first-order valence-electron chi connectivity index (χ1n) is 6.41. The standard InChI is InChI=1S/C18H13FS/c19-20-18-12-16(14-7-3-1-4-8-14)11-17(13-18)15-9-5-2-6-10-15/h1-13H. The van der Waals surface area contributed by atoms with Crippen LogP contribution >= 0.6 is 12.1 Å². The quantitative estimate of drug-likeness (QED) is 0.567. The van der Waals surface area contributed by atoms with E-state index in [1.165, 1.54) is 0 Å². The summed E-state index contributed by atoms with van der Waals surface area (Å²) in [6, 6.07) is 26.0. The second kappa shape index (κ2) is 5.93. The molecular formula is C18H13FS. The van der Waals surface area contributed by atoms with Gasteiger partial charge in [0, 0.05) is 4.90 Å². The summed E-state index contributed by atoms with van der Waals surface area (Å²) in [6.45, 7) is 0. The summed E-state index contributed by atoms with van der Waals surface area (Å²) >= 11 is 0.286. The summed E-state index contributed by atoms with van der Waals surface area (Å²) in [7, 11) is 0. The van der Waals surface area contributed by atoms with Gasteiger partial charge in [-0.1, -0.05) is 60.7 Å². The molecule has 0 bridgehead atoms. The van der Waals surface area contributed by atoms with Crippen molar-refractivity contribution in [2.24, 2.45) is 0 Å². The van der Waals surface area contributed by atoms with Crippen molar-refractivity contribution in [2.75, 3.05) is 0 Å². The largest absolute Gasteiger partial charge is 0.160 e. The molecule has 0 aromatic heterocycles. The molecule has 0 saturated heterocycles. The van der Waals surface area contributed by atoms with Gasteiger partial charge in [0.25, 0.3) is 0 Å². The van der Waals surface area contributed by atoms with Crippen molar-refractivity contribution in [3.63, 3.8) is 0 Å². The van der Waals surface area contributed by atoms with Crippen LogP contribution in [-0.2, 0) is 0 Å². The van der Waals surface area contributed by atoms with Crippen molar-refractivity contribution in [1.82, 2.24) is 0 Å². The number of halogens is 1.